The van der Waals surface area contributed by atoms with Crippen molar-refractivity contribution in [1.29, 1.82) is 0 Å². The van der Waals surface area contributed by atoms with Crippen molar-refractivity contribution in [2.45, 2.75) is 32.4 Å². The van der Waals surface area contributed by atoms with Crippen LogP contribution in [0, 0.1) is 0 Å². The van der Waals surface area contributed by atoms with Gasteiger partial charge in [-0.2, -0.15) is 5.10 Å². The third-order valence-corrected chi connectivity index (χ3v) is 2.26. The van der Waals surface area contributed by atoms with E-state index in [0.717, 1.165) is 18.5 Å². The zero-order valence-corrected chi connectivity index (χ0v) is 9.37. The summed E-state index contributed by atoms with van der Waals surface area (Å²) in [6.07, 6.45) is 2.14. The second kappa shape index (κ2) is 6.55. The molecule has 4 nitrogen and oxygen atoms in total. The molecule has 1 atom stereocenters. The lowest BCUT2D eigenvalue weighted by Crippen LogP contribution is -2.31. The van der Waals surface area contributed by atoms with Gasteiger partial charge in [-0.05, 0) is 6.42 Å². The predicted octanol–water partition coefficient (Wildman–Crippen LogP) is 1.15. The number of alkyl halides is 2. The molecule has 0 saturated heterocycles. The zero-order valence-electron chi connectivity index (χ0n) is 9.37. The summed E-state index contributed by atoms with van der Waals surface area (Å²) >= 11 is 0. The predicted molar refractivity (Wildman–Crippen MR) is 58.3 cm³/mol. The smallest absolute Gasteiger partial charge is 0.250 e. The molecule has 1 heterocycles. The lowest BCUT2D eigenvalue weighted by Gasteiger charge is -2.14. The van der Waals surface area contributed by atoms with E-state index in [4.69, 9.17) is 5.73 Å². The van der Waals surface area contributed by atoms with Crippen molar-refractivity contribution in [3.05, 3.63) is 18.0 Å². The van der Waals surface area contributed by atoms with E-state index >= 15 is 0 Å². The molecule has 16 heavy (non-hydrogen) atoms. The Morgan fingerprint density at radius 2 is 2.31 bits per heavy atom. The number of nitrogens with two attached hydrogens (primary N) is 1. The number of hydrogen-bond donors (Lipinski definition) is 2. The van der Waals surface area contributed by atoms with Gasteiger partial charge in [-0.1, -0.05) is 6.92 Å². The average Bonchev–Trinajstić information content (AvgIpc) is 2.68. The highest BCUT2D eigenvalue weighted by Gasteiger charge is 2.13. The van der Waals surface area contributed by atoms with Gasteiger partial charge in [-0.25, -0.2) is 8.78 Å². The van der Waals surface area contributed by atoms with Crippen molar-refractivity contribution in [3.8, 4) is 0 Å². The molecular formula is C10H18F2N4. The number of rotatable bonds is 7. The molecule has 0 bridgehead atoms. The Morgan fingerprint density at radius 3 is 2.88 bits per heavy atom. The van der Waals surface area contributed by atoms with E-state index in [1.54, 1.807) is 10.9 Å². The lowest BCUT2D eigenvalue weighted by atomic mass is 10.1. The van der Waals surface area contributed by atoms with Crippen LogP contribution < -0.4 is 11.1 Å². The van der Waals surface area contributed by atoms with Crippen molar-refractivity contribution in [3.63, 3.8) is 0 Å². The van der Waals surface area contributed by atoms with Crippen LogP contribution in [0.3, 0.4) is 0 Å². The molecule has 0 fully saturated rings. The quantitative estimate of drug-likeness (QED) is 0.741. The number of nitrogens with zero attached hydrogens (tertiary/aromatic N) is 2. The van der Waals surface area contributed by atoms with Crippen LogP contribution in [0.25, 0.3) is 0 Å². The van der Waals surface area contributed by atoms with Crippen LogP contribution in [-0.2, 0) is 6.54 Å². The zero-order chi connectivity index (χ0) is 12.0. The van der Waals surface area contributed by atoms with E-state index in [2.05, 4.69) is 17.3 Å². The number of nitrogens with one attached hydrogen (secondary N) is 1. The van der Waals surface area contributed by atoms with Gasteiger partial charge in [-0.15, -0.1) is 0 Å². The molecule has 3 N–H and O–H groups in total. The van der Waals surface area contributed by atoms with Crippen LogP contribution in [0.5, 0.6) is 0 Å². The van der Waals surface area contributed by atoms with Crippen LogP contribution in [-0.4, -0.2) is 29.3 Å². The van der Waals surface area contributed by atoms with Crippen LogP contribution in [0.2, 0.25) is 0 Å². The molecule has 0 aliphatic heterocycles. The monoisotopic (exact) mass is 232 g/mol. The van der Waals surface area contributed by atoms with E-state index in [-0.39, 0.29) is 19.1 Å². The van der Waals surface area contributed by atoms with Gasteiger partial charge < -0.3 is 11.1 Å². The van der Waals surface area contributed by atoms with Gasteiger partial charge in [-0.3, -0.25) is 4.68 Å². The fraction of sp³-hybridized carbons (Fsp3) is 0.700. The molecule has 1 aromatic heterocycles. The number of hydrogen-bond acceptors (Lipinski definition) is 3. The van der Waals surface area contributed by atoms with Gasteiger partial charge in [0.25, 0.3) is 6.43 Å². The summed E-state index contributed by atoms with van der Waals surface area (Å²) < 4.78 is 25.9. The molecule has 0 aliphatic carbocycles. The molecule has 0 spiro atoms. The van der Waals surface area contributed by atoms with Gasteiger partial charge >= 0.3 is 0 Å². The summed E-state index contributed by atoms with van der Waals surface area (Å²) in [5, 5.41) is 6.85. The molecule has 1 unspecified atom stereocenters. The van der Waals surface area contributed by atoms with Crippen molar-refractivity contribution in [2.75, 3.05) is 13.1 Å². The van der Waals surface area contributed by atoms with Crippen LogP contribution in [0.4, 0.5) is 8.78 Å². The minimum Gasteiger partial charge on any atom is -0.329 e. The summed E-state index contributed by atoms with van der Waals surface area (Å²) in [7, 11) is 0. The Hall–Kier alpha value is -1.01. The average molecular weight is 232 g/mol. The van der Waals surface area contributed by atoms with Crippen molar-refractivity contribution >= 4 is 0 Å². The highest BCUT2D eigenvalue weighted by atomic mass is 19.3. The molecule has 0 aromatic carbocycles. The Morgan fingerprint density at radius 1 is 1.56 bits per heavy atom. The van der Waals surface area contributed by atoms with Gasteiger partial charge in [0.1, 0.15) is 0 Å². The minimum atomic E-state index is -2.36. The van der Waals surface area contributed by atoms with E-state index in [0.29, 0.717) is 0 Å². The Balaban J connectivity index is 2.56. The third kappa shape index (κ3) is 3.86. The number of aromatic nitrogens is 2. The van der Waals surface area contributed by atoms with E-state index in [1.807, 2.05) is 6.20 Å². The molecule has 0 amide bonds. The fourth-order valence-corrected chi connectivity index (χ4v) is 1.48. The molecule has 0 aliphatic rings. The second-order valence-electron chi connectivity index (χ2n) is 3.62. The normalized spacial score (nSPS) is 13.3. The Kier molecular flexibility index (Phi) is 5.34. The maximum atomic E-state index is 12.0. The van der Waals surface area contributed by atoms with Crippen LogP contribution in [0.1, 0.15) is 24.9 Å². The van der Waals surface area contributed by atoms with E-state index < -0.39 is 6.43 Å². The van der Waals surface area contributed by atoms with Gasteiger partial charge in [0.15, 0.2) is 0 Å². The number of aryl methyl sites for hydroxylation is 1. The molecule has 92 valence electrons. The third-order valence-electron chi connectivity index (χ3n) is 2.26. The first-order chi connectivity index (χ1) is 7.67. The fourth-order valence-electron chi connectivity index (χ4n) is 1.48. The summed E-state index contributed by atoms with van der Waals surface area (Å²) in [4.78, 5) is 0. The highest BCUT2D eigenvalue weighted by Crippen LogP contribution is 2.11. The molecule has 0 saturated carbocycles. The molecule has 6 heteroatoms. The maximum absolute atomic E-state index is 12.0. The summed E-state index contributed by atoms with van der Waals surface area (Å²) in [6, 6.07) is -0.250. The standard InChI is InChI=1S/C10H18F2N4/c1-2-3-16-7-8(5-15-16)9(4-13)14-6-10(11)12/h5,7,9-10,14H,2-4,6,13H2,1H3. The first kappa shape index (κ1) is 13.1. The lowest BCUT2D eigenvalue weighted by molar-refractivity contribution is 0.141. The molecule has 0 radical (unpaired) electrons. The summed E-state index contributed by atoms with van der Waals surface area (Å²) in [6.45, 7) is 2.81. The molecular weight excluding hydrogens is 214 g/mol. The molecule has 1 rings (SSSR count). The Labute approximate surface area is 93.8 Å². The van der Waals surface area contributed by atoms with Crippen LogP contribution in [0.15, 0.2) is 12.4 Å². The summed E-state index contributed by atoms with van der Waals surface area (Å²) in [5.74, 6) is 0. The largest absolute Gasteiger partial charge is 0.329 e. The van der Waals surface area contributed by atoms with E-state index in [1.165, 1.54) is 0 Å². The second-order valence-corrected chi connectivity index (χ2v) is 3.62. The van der Waals surface area contributed by atoms with Crippen LogP contribution >= 0.6 is 0 Å². The van der Waals surface area contributed by atoms with Gasteiger partial charge in [0, 0.05) is 30.9 Å². The van der Waals surface area contributed by atoms with E-state index in [9.17, 15) is 8.78 Å². The maximum Gasteiger partial charge on any atom is 0.250 e. The first-order valence-corrected chi connectivity index (χ1v) is 5.41. The summed E-state index contributed by atoms with van der Waals surface area (Å²) in [5.41, 5.74) is 6.39. The van der Waals surface area contributed by atoms with Crippen molar-refractivity contribution in [1.82, 2.24) is 15.1 Å². The SMILES string of the molecule is CCCn1cc(C(CN)NCC(F)F)cn1. The molecule has 1 aromatic rings. The Bertz CT molecular complexity index is 301. The van der Waals surface area contributed by atoms with Crippen molar-refractivity contribution < 1.29 is 8.78 Å². The first-order valence-electron chi connectivity index (χ1n) is 5.41. The number of halogens is 2. The highest BCUT2D eigenvalue weighted by molar-refractivity contribution is 5.10. The van der Waals surface area contributed by atoms with Crippen molar-refractivity contribution in [2.24, 2.45) is 5.73 Å². The van der Waals surface area contributed by atoms with Gasteiger partial charge in [0.2, 0.25) is 0 Å². The minimum absolute atomic E-state index is 0.250. The van der Waals surface area contributed by atoms with Gasteiger partial charge in [0.05, 0.1) is 12.7 Å². The topological polar surface area (TPSA) is 55.9 Å².